The smallest absolute Gasteiger partial charge is 0.0408 e. The lowest BCUT2D eigenvalue weighted by Crippen LogP contribution is -2.40. The molecule has 0 amide bonds. The van der Waals surface area contributed by atoms with Crippen LogP contribution < -0.4 is 5.32 Å². The molecule has 0 spiro atoms. The number of benzene rings is 1. The van der Waals surface area contributed by atoms with Crippen molar-refractivity contribution in [3.63, 3.8) is 0 Å². The lowest BCUT2D eigenvalue weighted by Gasteiger charge is -2.38. The molecule has 0 aromatic heterocycles. The van der Waals surface area contributed by atoms with E-state index in [1.165, 1.54) is 50.5 Å². The largest absolute Gasteiger partial charge is 0.313 e. The summed E-state index contributed by atoms with van der Waals surface area (Å²) < 4.78 is 0. The van der Waals surface area contributed by atoms with Crippen molar-refractivity contribution in [2.24, 2.45) is 0 Å². The van der Waals surface area contributed by atoms with Crippen LogP contribution in [0.15, 0.2) is 24.3 Å². The Hall–Kier alpha value is -0.530. The van der Waals surface area contributed by atoms with Gasteiger partial charge in [-0.15, -0.1) is 0 Å². The molecule has 0 atom stereocenters. The van der Waals surface area contributed by atoms with E-state index in [-0.39, 0.29) is 0 Å². The second kappa shape index (κ2) is 5.22. The highest BCUT2D eigenvalue weighted by molar-refractivity contribution is 6.30. The summed E-state index contributed by atoms with van der Waals surface area (Å²) in [6.45, 7) is 1.14. The zero-order valence-electron chi connectivity index (χ0n) is 10.9. The third kappa shape index (κ3) is 2.73. The van der Waals surface area contributed by atoms with Crippen LogP contribution in [0.4, 0.5) is 0 Å². The Morgan fingerprint density at radius 1 is 1.17 bits per heavy atom. The molecular weight excluding hydrogens is 242 g/mol. The van der Waals surface area contributed by atoms with Gasteiger partial charge in [0.1, 0.15) is 0 Å². The van der Waals surface area contributed by atoms with Gasteiger partial charge in [0.2, 0.25) is 0 Å². The molecule has 1 aromatic carbocycles. The third-order valence-corrected chi connectivity index (χ3v) is 4.79. The van der Waals surface area contributed by atoms with E-state index in [9.17, 15) is 0 Å². The summed E-state index contributed by atoms with van der Waals surface area (Å²) in [6.07, 6.45) is 9.47. The van der Waals surface area contributed by atoms with Crippen molar-refractivity contribution in [3.05, 3.63) is 34.9 Å². The summed E-state index contributed by atoms with van der Waals surface area (Å²) in [5.41, 5.74) is 1.79. The quantitative estimate of drug-likeness (QED) is 0.854. The minimum atomic E-state index is 0.339. The molecule has 1 nitrogen and oxygen atoms in total. The van der Waals surface area contributed by atoms with Gasteiger partial charge in [-0.2, -0.15) is 0 Å². The third-order valence-electron chi connectivity index (χ3n) is 4.55. The Bertz CT molecular complexity index is 405. The van der Waals surface area contributed by atoms with E-state index < -0.39 is 0 Å². The van der Waals surface area contributed by atoms with Gasteiger partial charge in [0.25, 0.3) is 0 Å². The maximum Gasteiger partial charge on any atom is 0.0408 e. The van der Waals surface area contributed by atoms with Crippen LogP contribution in [0.2, 0.25) is 5.02 Å². The molecule has 0 saturated heterocycles. The molecule has 2 aliphatic rings. The van der Waals surface area contributed by atoms with Crippen LogP contribution in [0.5, 0.6) is 0 Å². The van der Waals surface area contributed by atoms with Crippen LogP contribution in [0.3, 0.4) is 0 Å². The maximum atomic E-state index is 6.18. The summed E-state index contributed by atoms with van der Waals surface area (Å²) >= 11 is 6.18. The van der Waals surface area contributed by atoms with Gasteiger partial charge in [-0.25, -0.2) is 0 Å². The summed E-state index contributed by atoms with van der Waals surface area (Å²) in [5.74, 6) is 0. The summed E-state index contributed by atoms with van der Waals surface area (Å²) in [6, 6.07) is 9.33. The fraction of sp³-hybridized carbons (Fsp3) is 0.625. The fourth-order valence-electron chi connectivity index (χ4n) is 3.24. The molecule has 0 radical (unpaired) electrons. The van der Waals surface area contributed by atoms with Gasteiger partial charge in [0.15, 0.2) is 0 Å². The van der Waals surface area contributed by atoms with Gasteiger partial charge in [-0.3, -0.25) is 0 Å². The van der Waals surface area contributed by atoms with Gasteiger partial charge in [-0.1, -0.05) is 43.0 Å². The van der Waals surface area contributed by atoms with Crippen molar-refractivity contribution in [2.45, 2.75) is 56.4 Å². The van der Waals surface area contributed by atoms with E-state index in [2.05, 4.69) is 23.5 Å². The van der Waals surface area contributed by atoms with Crippen LogP contribution in [-0.4, -0.2) is 12.6 Å². The number of hydrogen-bond acceptors (Lipinski definition) is 1. The predicted molar refractivity (Wildman–Crippen MR) is 77.2 cm³/mol. The van der Waals surface area contributed by atoms with Gasteiger partial charge >= 0.3 is 0 Å². The predicted octanol–water partition coefficient (Wildman–Crippen LogP) is 4.29. The average Bonchev–Trinajstić information content (AvgIpc) is 3.22. The highest BCUT2D eigenvalue weighted by atomic mass is 35.5. The second-order valence-electron chi connectivity index (χ2n) is 6.01. The van der Waals surface area contributed by atoms with Crippen LogP contribution in [0.25, 0.3) is 0 Å². The molecule has 1 aromatic rings. The van der Waals surface area contributed by atoms with Gasteiger partial charge in [0, 0.05) is 23.0 Å². The lowest BCUT2D eigenvalue weighted by molar-refractivity contribution is 0.279. The van der Waals surface area contributed by atoms with Crippen molar-refractivity contribution in [1.82, 2.24) is 5.32 Å². The van der Waals surface area contributed by atoms with E-state index in [1.807, 2.05) is 6.07 Å². The van der Waals surface area contributed by atoms with Crippen LogP contribution in [-0.2, 0) is 5.41 Å². The molecule has 2 heteroatoms. The molecule has 0 bridgehead atoms. The maximum absolute atomic E-state index is 6.18. The zero-order chi connectivity index (χ0) is 12.4. The Morgan fingerprint density at radius 2 is 1.94 bits per heavy atom. The first-order valence-corrected chi connectivity index (χ1v) is 7.66. The molecule has 0 heterocycles. The van der Waals surface area contributed by atoms with E-state index in [1.54, 1.807) is 0 Å². The average molecular weight is 264 g/mol. The lowest BCUT2D eigenvalue weighted by atomic mass is 9.69. The Balaban J connectivity index is 1.82. The monoisotopic (exact) mass is 263 g/mol. The van der Waals surface area contributed by atoms with E-state index in [0.29, 0.717) is 5.41 Å². The van der Waals surface area contributed by atoms with Crippen LogP contribution in [0.1, 0.15) is 50.5 Å². The molecule has 2 fully saturated rings. The standard InChI is InChI=1S/C16H22ClN/c17-14-6-4-5-13(11-14)16(9-2-1-3-10-16)12-18-15-7-8-15/h4-6,11,15,18H,1-3,7-10,12H2. The highest BCUT2D eigenvalue weighted by Crippen LogP contribution is 2.40. The number of nitrogens with one attached hydrogen (secondary N) is 1. The topological polar surface area (TPSA) is 12.0 Å². The molecule has 2 aliphatic carbocycles. The van der Waals surface area contributed by atoms with E-state index >= 15 is 0 Å². The van der Waals surface area contributed by atoms with Crippen molar-refractivity contribution < 1.29 is 0 Å². The van der Waals surface area contributed by atoms with Crippen molar-refractivity contribution in [2.75, 3.05) is 6.54 Å². The minimum Gasteiger partial charge on any atom is -0.313 e. The Kier molecular flexibility index (Phi) is 3.63. The molecule has 18 heavy (non-hydrogen) atoms. The Labute approximate surface area is 115 Å². The first-order chi connectivity index (χ1) is 8.78. The number of rotatable bonds is 4. The van der Waals surface area contributed by atoms with Crippen LogP contribution >= 0.6 is 11.6 Å². The van der Waals surface area contributed by atoms with Gasteiger partial charge in [0.05, 0.1) is 0 Å². The summed E-state index contributed by atoms with van der Waals surface area (Å²) in [5, 5.41) is 4.62. The van der Waals surface area contributed by atoms with Gasteiger partial charge < -0.3 is 5.32 Å². The highest BCUT2D eigenvalue weighted by Gasteiger charge is 2.35. The first kappa shape index (κ1) is 12.5. The number of halogens is 1. The molecular formula is C16H22ClN. The fourth-order valence-corrected chi connectivity index (χ4v) is 3.43. The molecule has 1 N–H and O–H groups in total. The van der Waals surface area contributed by atoms with Crippen molar-refractivity contribution in [1.29, 1.82) is 0 Å². The SMILES string of the molecule is Clc1cccc(C2(CNC3CC3)CCCCC2)c1. The minimum absolute atomic E-state index is 0.339. The summed E-state index contributed by atoms with van der Waals surface area (Å²) in [7, 11) is 0. The molecule has 3 rings (SSSR count). The second-order valence-corrected chi connectivity index (χ2v) is 6.44. The molecule has 2 saturated carbocycles. The van der Waals surface area contributed by atoms with Crippen molar-refractivity contribution >= 4 is 11.6 Å². The normalized spacial score (nSPS) is 22.9. The van der Waals surface area contributed by atoms with Crippen molar-refractivity contribution in [3.8, 4) is 0 Å². The Morgan fingerprint density at radius 3 is 2.61 bits per heavy atom. The van der Waals surface area contributed by atoms with Gasteiger partial charge in [-0.05, 0) is 43.4 Å². The zero-order valence-corrected chi connectivity index (χ0v) is 11.7. The summed E-state index contributed by atoms with van der Waals surface area (Å²) in [4.78, 5) is 0. The number of hydrogen-bond donors (Lipinski definition) is 1. The molecule has 0 unspecified atom stereocenters. The van der Waals surface area contributed by atoms with Crippen LogP contribution in [0, 0.1) is 0 Å². The van der Waals surface area contributed by atoms with E-state index in [0.717, 1.165) is 17.6 Å². The van der Waals surface area contributed by atoms with E-state index in [4.69, 9.17) is 11.6 Å². The first-order valence-electron chi connectivity index (χ1n) is 7.28. The molecule has 0 aliphatic heterocycles. The molecule has 98 valence electrons.